The van der Waals surface area contributed by atoms with Crippen LogP contribution in [0.2, 0.25) is 0 Å². The average Bonchev–Trinajstić information content (AvgIpc) is 2.51. The van der Waals surface area contributed by atoms with E-state index < -0.39 is 11.7 Å². The minimum absolute atomic E-state index is 0.163. The van der Waals surface area contributed by atoms with Crippen molar-refractivity contribution in [2.45, 2.75) is 38.1 Å². The van der Waals surface area contributed by atoms with Gasteiger partial charge >= 0.3 is 6.03 Å². The molecule has 0 bridgehead atoms. The van der Waals surface area contributed by atoms with Crippen molar-refractivity contribution in [3.8, 4) is 0 Å². The molecule has 0 atom stereocenters. The number of halogens is 1. The molecule has 1 aromatic rings. The number of amides is 3. The van der Waals surface area contributed by atoms with Gasteiger partial charge in [-0.25, -0.2) is 9.18 Å². The van der Waals surface area contributed by atoms with Gasteiger partial charge in [0.25, 0.3) is 0 Å². The summed E-state index contributed by atoms with van der Waals surface area (Å²) in [6, 6.07) is 3.57. The Balaban J connectivity index is 2.01. The Kier molecular flexibility index (Phi) is 5.71. The maximum absolute atomic E-state index is 13.3. The van der Waals surface area contributed by atoms with Gasteiger partial charge in [-0.05, 0) is 31.0 Å². The highest BCUT2D eigenvalue weighted by atomic mass is 19.1. The predicted molar refractivity (Wildman–Crippen MR) is 83.1 cm³/mol. The second-order valence-electron chi connectivity index (χ2n) is 5.38. The topological polar surface area (TPSA) is 96.2 Å². The van der Waals surface area contributed by atoms with Gasteiger partial charge in [0, 0.05) is 6.04 Å². The van der Waals surface area contributed by atoms with Gasteiger partial charge in [0.2, 0.25) is 5.91 Å². The summed E-state index contributed by atoms with van der Waals surface area (Å²) in [5.74, 6) is -0.966. The van der Waals surface area contributed by atoms with Crippen LogP contribution in [-0.4, -0.2) is 24.5 Å². The molecule has 0 unspecified atom stereocenters. The fraction of sp³-hybridized carbons (Fsp3) is 0.467. The summed E-state index contributed by atoms with van der Waals surface area (Å²) in [6.45, 7) is -0.218. The summed E-state index contributed by atoms with van der Waals surface area (Å²) in [4.78, 5) is 23.4. The lowest BCUT2D eigenvalue weighted by Gasteiger charge is -2.23. The number of carbonyl (C=O) groups is 2. The minimum Gasteiger partial charge on any atom is -0.335 e. The second kappa shape index (κ2) is 7.74. The Morgan fingerprint density at radius 1 is 1.14 bits per heavy atom. The summed E-state index contributed by atoms with van der Waals surface area (Å²) in [5.41, 5.74) is 5.75. The van der Waals surface area contributed by atoms with Crippen molar-refractivity contribution < 1.29 is 14.0 Å². The van der Waals surface area contributed by atoms with Crippen LogP contribution in [0.1, 0.15) is 32.1 Å². The Bertz CT molecular complexity index is 544. The number of benzene rings is 1. The van der Waals surface area contributed by atoms with E-state index in [9.17, 15) is 14.0 Å². The van der Waals surface area contributed by atoms with Crippen LogP contribution in [0.5, 0.6) is 0 Å². The summed E-state index contributed by atoms with van der Waals surface area (Å²) < 4.78 is 13.3. The number of carbonyl (C=O) groups excluding carboxylic acids is 2. The van der Waals surface area contributed by atoms with Crippen molar-refractivity contribution in [2.24, 2.45) is 5.73 Å². The van der Waals surface area contributed by atoms with Gasteiger partial charge in [-0.3, -0.25) is 4.79 Å². The molecule has 22 heavy (non-hydrogen) atoms. The van der Waals surface area contributed by atoms with Gasteiger partial charge in [-0.1, -0.05) is 19.3 Å². The molecule has 0 aromatic heterocycles. The molecule has 1 aliphatic carbocycles. The van der Waals surface area contributed by atoms with Gasteiger partial charge in [0.05, 0.1) is 17.9 Å². The van der Waals surface area contributed by atoms with Crippen molar-refractivity contribution in [2.75, 3.05) is 17.2 Å². The van der Waals surface area contributed by atoms with E-state index in [0.29, 0.717) is 5.69 Å². The van der Waals surface area contributed by atoms with Gasteiger partial charge in [-0.15, -0.1) is 0 Å². The molecule has 120 valence electrons. The van der Waals surface area contributed by atoms with Crippen LogP contribution in [0.4, 0.5) is 20.6 Å². The molecule has 7 heteroatoms. The number of hydrogen-bond acceptors (Lipinski definition) is 3. The van der Waals surface area contributed by atoms with E-state index in [2.05, 4.69) is 16.0 Å². The van der Waals surface area contributed by atoms with Crippen LogP contribution >= 0.6 is 0 Å². The fourth-order valence-electron chi connectivity index (χ4n) is 2.52. The lowest BCUT2D eigenvalue weighted by Crippen LogP contribution is -2.39. The van der Waals surface area contributed by atoms with E-state index in [1.807, 2.05) is 0 Å². The molecule has 3 amide bonds. The largest absolute Gasteiger partial charge is 0.335 e. The standard InChI is InChI=1S/C15H21FN4O2/c16-10-6-7-12(13(8-10)19-14(21)9-17)20-15(22)18-11-4-2-1-3-5-11/h6-8,11H,1-5,9,17H2,(H,19,21)(H2,18,20,22). The summed E-state index contributed by atoms with van der Waals surface area (Å²) in [7, 11) is 0. The first-order valence-electron chi connectivity index (χ1n) is 7.45. The second-order valence-corrected chi connectivity index (χ2v) is 5.38. The molecule has 0 heterocycles. The molecule has 6 nitrogen and oxygen atoms in total. The fourth-order valence-corrected chi connectivity index (χ4v) is 2.52. The van der Waals surface area contributed by atoms with E-state index in [1.54, 1.807) is 0 Å². The zero-order chi connectivity index (χ0) is 15.9. The quantitative estimate of drug-likeness (QED) is 0.686. The van der Waals surface area contributed by atoms with Crippen molar-refractivity contribution >= 4 is 23.3 Å². The maximum Gasteiger partial charge on any atom is 0.319 e. The van der Waals surface area contributed by atoms with Crippen molar-refractivity contribution in [1.29, 1.82) is 0 Å². The minimum atomic E-state index is -0.509. The van der Waals surface area contributed by atoms with Gasteiger partial charge in [-0.2, -0.15) is 0 Å². The number of urea groups is 1. The van der Waals surface area contributed by atoms with Crippen LogP contribution in [0.3, 0.4) is 0 Å². The number of rotatable bonds is 4. The third-order valence-corrected chi connectivity index (χ3v) is 3.63. The van der Waals surface area contributed by atoms with Gasteiger partial charge < -0.3 is 21.7 Å². The van der Waals surface area contributed by atoms with Crippen molar-refractivity contribution in [1.82, 2.24) is 5.32 Å². The highest BCUT2D eigenvalue weighted by Gasteiger charge is 2.16. The molecule has 1 aromatic carbocycles. The molecular formula is C15H21FN4O2. The van der Waals surface area contributed by atoms with Crippen molar-refractivity contribution in [3.63, 3.8) is 0 Å². The summed E-state index contributed by atoms with van der Waals surface area (Å²) >= 11 is 0. The lowest BCUT2D eigenvalue weighted by molar-refractivity contribution is -0.114. The van der Waals surface area contributed by atoms with E-state index in [-0.39, 0.29) is 24.3 Å². The number of hydrogen-bond donors (Lipinski definition) is 4. The van der Waals surface area contributed by atoms with Crippen LogP contribution in [-0.2, 0) is 4.79 Å². The van der Waals surface area contributed by atoms with E-state index in [1.165, 1.54) is 18.6 Å². The molecule has 1 saturated carbocycles. The lowest BCUT2D eigenvalue weighted by atomic mass is 9.96. The van der Waals surface area contributed by atoms with Crippen LogP contribution in [0.15, 0.2) is 18.2 Å². The summed E-state index contributed by atoms with van der Waals surface area (Å²) in [5, 5.41) is 8.00. The third kappa shape index (κ3) is 4.70. The molecule has 1 aliphatic rings. The Hall–Kier alpha value is -2.15. The zero-order valence-corrected chi connectivity index (χ0v) is 12.3. The van der Waals surface area contributed by atoms with Gasteiger partial charge in [0.1, 0.15) is 5.82 Å². The highest BCUT2D eigenvalue weighted by molar-refractivity contribution is 5.99. The summed E-state index contributed by atoms with van der Waals surface area (Å²) in [6.07, 6.45) is 5.35. The first kappa shape index (κ1) is 16.2. The highest BCUT2D eigenvalue weighted by Crippen LogP contribution is 2.23. The van der Waals surface area contributed by atoms with Crippen molar-refractivity contribution in [3.05, 3.63) is 24.0 Å². The monoisotopic (exact) mass is 308 g/mol. The normalized spacial score (nSPS) is 15.2. The molecule has 5 N–H and O–H groups in total. The predicted octanol–water partition coefficient (Wildman–Crippen LogP) is 2.18. The van der Waals surface area contributed by atoms with Gasteiger partial charge in [0.15, 0.2) is 0 Å². The van der Waals surface area contributed by atoms with Crippen LogP contribution in [0, 0.1) is 5.82 Å². The molecule has 0 radical (unpaired) electrons. The molecule has 1 fully saturated rings. The first-order valence-corrected chi connectivity index (χ1v) is 7.45. The maximum atomic E-state index is 13.3. The number of anilines is 2. The molecule has 2 rings (SSSR count). The Morgan fingerprint density at radius 2 is 1.86 bits per heavy atom. The first-order chi connectivity index (χ1) is 10.6. The van der Waals surface area contributed by atoms with Crippen LogP contribution in [0.25, 0.3) is 0 Å². The molecular weight excluding hydrogens is 287 g/mol. The van der Waals surface area contributed by atoms with E-state index >= 15 is 0 Å². The Morgan fingerprint density at radius 3 is 2.55 bits per heavy atom. The van der Waals surface area contributed by atoms with E-state index in [4.69, 9.17) is 5.73 Å². The van der Waals surface area contributed by atoms with Crippen LogP contribution < -0.4 is 21.7 Å². The third-order valence-electron chi connectivity index (χ3n) is 3.63. The molecule has 0 aliphatic heterocycles. The Labute approximate surface area is 128 Å². The molecule has 0 spiro atoms. The SMILES string of the molecule is NCC(=O)Nc1cc(F)ccc1NC(=O)NC1CCCCC1. The average molecular weight is 308 g/mol. The zero-order valence-electron chi connectivity index (χ0n) is 12.3. The number of nitrogens with two attached hydrogens (primary N) is 1. The number of nitrogens with one attached hydrogen (secondary N) is 3. The molecule has 0 saturated heterocycles. The smallest absolute Gasteiger partial charge is 0.319 e. The van der Waals surface area contributed by atoms with E-state index in [0.717, 1.165) is 31.7 Å².